The molecule has 0 heterocycles. The average molecular weight is 278 g/mol. The van der Waals surface area contributed by atoms with Crippen LogP contribution in [0.2, 0.25) is 5.02 Å². The molecule has 94 valence electrons. The van der Waals surface area contributed by atoms with Crippen LogP contribution in [-0.4, -0.2) is 0 Å². The highest BCUT2D eigenvalue weighted by molar-refractivity contribution is 7.98. The predicted molar refractivity (Wildman–Crippen MR) is 82.0 cm³/mol. The molecule has 0 aromatic heterocycles. The molecule has 0 spiro atoms. The first-order valence-corrected chi connectivity index (χ1v) is 7.30. The molecule has 0 aliphatic carbocycles. The molecule has 1 nitrogen and oxygen atoms in total. The van der Waals surface area contributed by atoms with Crippen LogP contribution in [0.5, 0.6) is 0 Å². The monoisotopic (exact) mass is 277 g/mol. The third-order valence-electron chi connectivity index (χ3n) is 2.85. The van der Waals surface area contributed by atoms with E-state index in [4.69, 9.17) is 17.3 Å². The molecular formula is C15H16ClNS. The van der Waals surface area contributed by atoms with Gasteiger partial charge in [-0.1, -0.05) is 41.9 Å². The van der Waals surface area contributed by atoms with Gasteiger partial charge in [0, 0.05) is 21.7 Å². The number of anilines is 1. The van der Waals surface area contributed by atoms with Gasteiger partial charge in [-0.05, 0) is 36.2 Å². The normalized spacial score (nSPS) is 12.3. The van der Waals surface area contributed by atoms with Crippen LogP contribution in [0.1, 0.15) is 23.3 Å². The van der Waals surface area contributed by atoms with Crippen molar-refractivity contribution in [3.63, 3.8) is 0 Å². The van der Waals surface area contributed by atoms with Crippen LogP contribution in [0.25, 0.3) is 0 Å². The highest BCUT2D eigenvalue weighted by atomic mass is 35.5. The molecule has 18 heavy (non-hydrogen) atoms. The van der Waals surface area contributed by atoms with Crippen molar-refractivity contribution in [3.05, 3.63) is 64.7 Å². The summed E-state index contributed by atoms with van der Waals surface area (Å²) < 4.78 is 0. The molecule has 2 rings (SSSR count). The van der Waals surface area contributed by atoms with Crippen molar-refractivity contribution in [2.45, 2.75) is 17.9 Å². The van der Waals surface area contributed by atoms with Crippen LogP contribution < -0.4 is 5.73 Å². The first kappa shape index (κ1) is 13.3. The molecular weight excluding hydrogens is 262 g/mol. The van der Waals surface area contributed by atoms with Crippen LogP contribution in [0.3, 0.4) is 0 Å². The second kappa shape index (κ2) is 6.17. The van der Waals surface area contributed by atoms with E-state index in [9.17, 15) is 0 Å². The fraction of sp³-hybridized carbons (Fsp3) is 0.200. The maximum absolute atomic E-state index is 6.14. The summed E-state index contributed by atoms with van der Waals surface area (Å²) in [6.45, 7) is 2.20. The van der Waals surface area contributed by atoms with Crippen LogP contribution >= 0.6 is 23.4 Å². The number of benzene rings is 2. The van der Waals surface area contributed by atoms with Crippen LogP contribution in [0, 0.1) is 0 Å². The van der Waals surface area contributed by atoms with Gasteiger partial charge < -0.3 is 5.73 Å². The van der Waals surface area contributed by atoms with Gasteiger partial charge in [0.1, 0.15) is 0 Å². The van der Waals surface area contributed by atoms with E-state index in [-0.39, 0.29) is 0 Å². The fourth-order valence-corrected chi connectivity index (χ4v) is 3.01. The van der Waals surface area contributed by atoms with E-state index < -0.39 is 0 Å². The van der Waals surface area contributed by atoms with Crippen LogP contribution in [0.4, 0.5) is 5.69 Å². The van der Waals surface area contributed by atoms with Gasteiger partial charge in [0.05, 0.1) is 0 Å². The summed E-state index contributed by atoms with van der Waals surface area (Å²) in [6, 6.07) is 16.1. The highest BCUT2D eigenvalue weighted by Gasteiger charge is 2.07. The lowest BCUT2D eigenvalue weighted by molar-refractivity contribution is 1.09. The second-order valence-electron chi connectivity index (χ2n) is 4.21. The second-order valence-corrected chi connectivity index (χ2v) is 5.95. The summed E-state index contributed by atoms with van der Waals surface area (Å²) in [5.41, 5.74) is 8.97. The summed E-state index contributed by atoms with van der Waals surface area (Å²) >= 11 is 8.02. The minimum atomic E-state index is 0.432. The Kier molecular flexibility index (Phi) is 4.56. The molecule has 0 aliphatic rings. The van der Waals surface area contributed by atoms with Crippen molar-refractivity contribution >= 4 is 29.1 Å². The van der Waals surface area contributed by atoms with E-state index in [1.54, 1.807) is 0 Å². The molecule has 0 amide bonds. The van der Waals surface area contributed by atoms with Crippen molar-refractivity contribution in [1.82, 2.24) is 0 Å². The minimum absolute atomic E-state index is 0.432. The third-order valence-corrected chi connectivity index (χ3v) is 4.47. The van der Waals surface area contributed by atoms with Crippen molar-refractivity contribution in [2.75, 3.05) is 5.73 Å². The zero-order valence-corrected chi connectivity index (χ0v) is 11.8. The number of thioether (sulfide) groups is 1. The van der Waals surface area contributed by atoms with Crippen molar-refractivity contribution in [2.24, 2.45) is 0 Å². The maximum atomic E-state index is 6.14. The SMILES string of the molecule is CC(SCc1ccccc1Cl)c1ccc(N)cc1. The molecule has 2 N–H and O–H groups in total. The van der Waals surface area contributed by atoms with E-state index in [1.807, 2.05) is 42.1 Å². The zero-order valence-electron chi connectivity index (χ0n) is 10.3. The Bertz CT molecular complexity index is 510. The quantitative estimate of drug-likeness (QED) is 0.803. The number of hydrogen-bond donors (Lipinski definition) is 1. The molecule has 1 atom stereocenters. The van der Waals surface area contributed by atoms with Gasteiger partial charge in [-0.3, -0.25) is 0 Å². The summed E-state index contributed by atoms with van der Waals surface area (Å²) in [6.07, 6.45) is 0. The summed E-state index contributed by atoms with van der Waals surface area (Å²) in [5, 5.41) is 1.27. The molecule has 0 saturated heterocycles. The highest BCUT2D eigenvalue weighted by Crippen LogP contribution is 2.32. The Morgan fingerprint density at radius 2 is 1.78 bits per heavy atom. The smallest absolute Gasteiger partial charge is 0.0446 e. The van der Waals surface area contributed by atoms with Crippen LogP contribution in [0.15, 0.2) is 48.5 Å². The van der Waals surface area contributed by atoms with E-state index in [0.717, 1.165) is 16.5 Å². The van der Waals surface area contributed by atoms with Gasteiger partial charge in [0.25, 0.3) is 0 Å². The van der Waals surface area contributed by atoms with Crippen molar-refractivity contribution < 1.29 is 0 Å². The summed E-state index contributed by atoms with van der Waals surface area (Å²) in [7, 11) is 0. The van der Waals surface area contributed by atoms with Crippen LogP contribution in [-0.2, 0) is 5.75 Å². The molecule has 0 saturated carbocycles. The maximum Gasteiger partial charge on any atom is 0.0446 e. The molecule has 0 bridgehead atoms. The van der Waals surface area contributed by atoms with E-state index >= 15 is 0 Å². The number of rotatable bonds is 4. The lowest BCUT2D eigenvalue weighted by atomic mass is 10.1. The molecule has 2 aromatic rings. The Hall–Kier alpha value is -1.12. The largest absolute Gasteiger partial charge is 0.399 e. The predicted octanol–water partition coefficient (Wildman–Crippen LogP) is 4.92. The first-order valence-electron chi connectivity index (χ1n) is 5.87. The first-order chi connectivity index (χ1) is 8.66. The Morgan fingerprint density at radius 3 is 2.44 bits per heavy atom. The fourth-order valence-electron chi connectivity index (χ4n) is 1.69. The van der Waals surface area contributed by atoms with Gasteiger partial charge >= 0.3 is 0 Å². The zero-order chi connectivity index (χ0) is 13.0. The van der Waals surface area contributed by atoms with Gasteiger partial charge in [0.15, 0.2) is 0 Å². The van der Waals surface area contributed by atoms with E-state index in [1.165, 1.54) is 11.1 Å². The summed E-state index contributed by atoms with van der Waals surface area (Å²) in [4.78, 5) is 0. The standard InChI is InChI=1S/C15H16ClNS/c1-11(12-6-8-14(17)9-7-12)18-10-13-4-2-3-5-15(13)16/h2-9,11H,10,17H2,1H3. The molecule has 0 fully saturated rings. The van der Waals surface area contributed by atoms with Gasteiger partial charge in [-0.15, -0.1) is 11.8 Å². The van der Waals surface area contributed by atoms with Crippen molar-refractivity contribution in [3.8, 4) is 0 Å². The Balaban J connectivity index is 1.98. The average Bonchev–Trinajstić information content (AvgIpc) is 2.38. The Labute approximate surface area is 117 Å². The molecule has 2 aromatic carbocycles. The van der Waals surface area contributed by atoms with Gasteiger partial charge in [-0.25, -0.2) is 0 Å². The van der Waals surface area contributed by atoms with E-state index in [0.29, 0.717) is 5.25 Å². The minimum Gasteiger partial charge on any atom is -0.399 e. The number of nitrogen functional groups attached to an aromatic ring is 1. The topological polar surface area (TPSA) is 26.0 Å². The lowest BCUT2D eigenvalue weighted by Crippen LogP contribution is -1.91. The molecule has 0 radical (unpaired) electrons. The number of hydrogen-bond acceptors (Lipinski definition) is 2. The van der Waals surface area contributed by atoms with E-state index in [2.05, 4.69) is 25.1 Å². The van der Waals surface area contributed by atoms with Gasteiger partial charge in [-0.2, -0.15) is 0 Å². The third kappa shape index (κ3) is 3.44. The van der Waals surface area contributed by atoms with Gasteiger partial charge in [0.2, 0.25) is 0 Å². The lowest BCUT2D eigenvalue weighted by Gasteiger charge is -2.12. The van der Waals surface area contributed by atoms with Crippen molar-refractivity contribution in [1.29, 1.82) is 0 Å². The molecule has 0 aliphatic heterocycles. The molecule has 1 unspecified atom stereocenters. The summed E-state index contributed by atoms with van der Waals surface area (Å²) in [5.74, 6) is 0.922. The number of halogens is 1. The number of nitrogens with two attached hydrogens (primary N) is 1. The Morgan fingerprint density at radius 1 is 1.11 bits per heavy atom. The molecule has 3 heteroatoms.